The number of nitrogens with one attached hydrogen (secondary N) is 2. The summed E-state index contributed by atoms with van der Waals surface area (Å²) in [5.74, 6) is 0.231. The Hall–Kier alpha value is -2.18. The van der Waals surface area contributed by atoms with E-state index in [4.69, 9.17) is 17.0 Å². The van der Waals surface area contributed by atoms with Crippen molar-refractivity contribution in [2.24, 2.45) is 5.10 Å². The molecule has 1 atom stereocenters. The quantitative estimate of drug-likeness (QED) is 0.452. The van der Waals surface area contributed by atoms with E-state index in [9.17, 15) is 5.11 Å². The lowest BCUT2D eigenvalue weighted by Gasteiger charge is -2.12. The van der Waals surface area contributed by atoms with E-state index in [1.165, 1.54) is 0 Å². The number of nitrogens with zero attached hydrogens (tertiary/aromatic N) is 1. The Labute approximate surface area is 146 Å². The van der Waals surface area contributed by atoms with Crippen LogP contribution in [0.1, 0.15) is 25.3 Å². The average molecular weight is 343 g/mol. The number of thiocarbonyl (C=S) groups is 1. The molecule has 1 heterocycles. The van der Waals surface area contributed by atoms with Crippen LogP contribution < -0.4 is 10.7 Å². The van der Waals surface area contributed by atoms with Crippen LogP contribution >= 0.6 is 12.2 Å². The van der Waals surface area contributed by atoms with Crippen molar-refractivity contribution in [3.63, 3.8) is 0 Å². The maximum Gasteiger partial charge on any atom is 0.187 e. The third kappa shape index (κ3) is 3.83. The Balaban J connectivity index is 1.64. The first-order valence-electron chi connectivity index (χ1n) is 8.06. The number of fused-ring (bicyclic) bond motifs is 1. The molecule has 5 nitrogen and oxygen atoms in total. The summed E-state index contributed by atoms with van der Waals surface area (Å²) >= 11 is 5.22. The lowest BCUT2D eigenvalue weighted by Crippen LogP contribution is -2.37. The number of phenolic OH excluding ortho intramolecular Hbond substituents is 1. The largest absolute Gasteiger partial charge is 0.507 e. The van der Waals surface area contributed by atoms with Crippen LogP contribution in [0, 0.1) is 0 Å². The molecule has 3 rings (SSSR count). The van der Waals surface area contributed by atoms with Crippen molar-refractivity contribution < 1.29 is 9.84 Å². The molecule has 0 amide bonds. The molecule has 24 heavy (non-hydrogen) atoms. The van der Waals surface area contributed by atoms with Gasteiger partial charge in [-0.2, -0.15) is 5.10 Å². The predicted molar refractivity (Wildman–Crippen MR) is 101 cm³/mol. The Bertz CT molecular complexity index is 770. The number of hydrazone groups is 1. The minimum Gasteiger partial charge on any atom is -0.507 e. The molecular weight excluding hydrogens is 322 g/mol. The highest BCUT2D eigenvalue weighted by atomic mass is 32.1. The molecule has 6 heteroatoms. The summed E-state index contributed by atoms with van der Waals surface area (Å²) in [6, 6.07) is 11.5. The van der Waals surface area contributed by atoms with Gasteiger partial charge in [0.25, 0.3) is 0 Å². The fraction of sp³-hybridized carbons (Fsp3) is 0.333. The number of rotatable bonds is 4. The molecule has 0 spiro atoms. The van der Waals surface area contributed by atoms with Crippen molar-refractivity contribution >= 4 is 33.8 Å². The molecule has 1 aliphatic heterocycles. The molecule has 1 aliphatic rings. The van der Waals surface area contributed by atoms with Crippen LogP contribution in [-0.4, -0.2) is 35.2 Å². The maximum absolute atomic E-state index is 10.5. The summed E-state index contributed by atoms with van der Waals surface area (Å²) in [7, 11) is 0. The van der Waals surface area contributed by atoms with Gasteiger partial charge in [-0.15, -0.1) is 0 Å². The fourth-order valence-corrected chi connectivity index (χ4v) is 2.92. The molecule has 3 N–H and O–H groups in total. The number of hydrogen-bond donors (Lipinski definition) is 3. The third-order valence-corrected chi connectivity index (χ3v) is 4.37. The van der Waals surface area contributed by atoms with Gasteiger partial charge in [0.2, 0.25) is 0 Å². The number of ether oxygens (including phenoxy) is 1. The molecule has 2 aromatic rings. The van der Waals surface area contributed by atoms with E-state index in [2.05, 4.69) is 15.8 Å². The van der Waals surface area contributed by atoms with Gasteiger partial charge in [-0.1, -0.05) is 30.3 Å². The standard InChI is InChI=1S/C18H21N3O2S/c1-12(20-21-18(24)19-11-14-6-4-10-23-14)15-9-8-13-5-2-3-7-16(13)17(15)22/h2-3,5,7-9,14,22H,4,6,10-11H2,1H3,(H2,19,21,24)/b20-12+/t14-/m1/s1. The molecule has 2 aromatic carbocycles. The summed E-state index contributed by atoms with van der Waals surface area (Å²) in [4.78, 5) is 0. The Morgan fingerprint density at radius 3 is 2.96 bits per heavy atom. The second-order valence-electron chi connectivity index (χ2n) is 5.84. The van der Waals surface area contributed by atoms with Crippen LogP contribution in [0.3, 0.4) is 0 Å². The second-order valence-corrected chi connectivity index (χ2v) is 6.25. The molecule has 0 saturated carbocycles. The van der Waals surface area contributed by atoms with Crippen LogP contribution in [0.4, 0.5) is 0 Å². The van der Waals surface area contributed by atoms with E-state index < -0.39 is 0 Å². The van der Waals surface area contributed by atoms with Crippen molar-refractivity contribution in [2.75, 3.05) is 13.2 Å². The summed E-state index contributed by atoms with van der Waals surface area (Å²) in [5, 5.41) is 20.1. The van der Waals surface area contributed by atoms with Gasteiger partial charge in [0.15, 0.2) is 5.11 Å². The van der Waals surface area contributed by atoms with Gasteiger partial charge in [0.05, 0.1) is 11.8 Å². The van der Waals surface area contributed by atoms with E-state index in [-0.39, 0.29) is 11.9 Å². The Morgan fingerprint density at radius 2 is 2.17 bits per heavy atom. The normalized spacial score (nSPS) is 17.9. The number of aromatic hydroxyl groups is 1. The monoisotopic (exact) mass is 343 g/mol. The molecule has 0 bridgehead atoms. The van der Waals surface area contributed by atoms with Crippen LogP contribution in [0.15, 0.2) is 41.5 Å². The zero-order chi connectivity index (χ0) is 16.9. The fourth-order valence-electron chi connectivity index (χ4n) is 2.79. The topological polar surface area (TPSA) is 65.9 Å². The number of hydrogen-bond acceptors (Lipinski definition) is 4. The van der Waals surface area contributed by atoms with Crippen molar-refractivity contribution in [3.8, 4) is 5.75 Å². The van der Waals surface area contributed by atoms with E-state index in [0.29, 0.717) is 22.9 Å². The molecule has 126 valence electrons. The maximum atomic E-state index is 10.5. The van der Waals surface area contributed by atoms with E-state index in [1.807, 2.05) is 43.3 Å². The molecule has 0 aromatic heterocycles. The highest BCUT2D eigenvalue weighted by Gasteiger charge is 2.15. The molecule has 0 unspecified atom stereocenters. The molecule has 1 fully saturated rings. The van der Waals surface area contributed by atoms with Gasteiger partial charge < -0.3 is 15.2 Å². The minimum atomic E-state index is 0.222. The number of benzene rings is 2. The number of phenols is 1. The first-order chi connectivity index (χ1) is 11.6. The van der Waals surface area contributed by atoms with Crippen LogP contribution in [-0.2, 0) is 4.74 Å². The van der Waals surface area contributed by atoms with E-state index in [0.717, 1.165) is 30.2 Å². The first kappa shape index (κ1) is 16.7. The zero-order valence-electron chi connectivity index (χ0n) is 13.6. The highest BCUT2D eigenvalue weighted by molar-refractivity contribution is 7.80. The second kappa shape index (κ2) is 7.59. The molecule has 1 saturated heterocycles. The molecule has 0 aliphatic carbocycles. The van der Waals surface area contributed by atoms with Crippen LogP contribution in [0.5, 0.6) is 5.75 Å². The summed E-state index contributed by atoms with van der Waals surface area (Å²) in [6.45, 7) is 3.34. The SMILES string of the molecule is C/C(=N\NC(=S)NC[C@H]1CCCO1)c1ccc2ccccc2c1O. The molecule has 0 radical (unpaired) electrons. The zero-order valence-corrected chi connectivity index (χ0v) is 14.4. The Kier molecular flexibility index (Phi) is 5.27. The van der Waals surface area contributed by atoms with Gasteiger partial charge in [-0.25, -0.2) is 0 Å². The van der Waals surface area contributed by atoms with Crippen molar-refractivity contribution in [1.29, 1.82) is 0 Å². The summed E-state index contributed by atoms with van der Waals surface area (Å²) < 4.78 is 5.54. The lowest BCUT2D eigenvalue weighted by molar-refractivity contribution is 0.114. The van der Waals surface area contributed by atoms with Crippen molar-refractivity contribution in [1.82, 2.24) is 10.7 Å². The van der Waals surface area contributed by atoms with Crippen molar-refractivity contribution in [2.45, 2.75) is 25.9 Å². The van der Waals surface area contributed by atoms with E-state index >= 15 is 0 Å². The highest BCUT2D eigenvalue weighted by Crippen LogP contribution is 2.28. The van der Waals surface area contributed by atoms with Gasteiger partial charge >= 0.3 is 0 Å². The van der Waals surface area contributed by atoms with Crippen LogP contribution in [0.25, 0.3) is 10.8 Å². The third-order valence-electron chi connectivity index (χ3n) is 4.13. The average Bonchev–Trinajstić information content (AvgIpc) is 3.12. The Morgan fingerprint density at radius 1 is 1.33 bits per heavy atom. The van der Waals surface area contributed by atoms with Crippen molar-refractivity contribution in [3.05, 3.63) is 42.0 Å². The van der Waals surface area contributed by atoms with Gasteiger partial charge in [-0.3, -0.25) is 5.43 Å². The first-order valence-corrected chi connectivity index (χ1v) is 8.47. The van der Waals surface area contributed by atoms with Crippen LogP contribution in [0.2, 0.25) is 0 Å². The minimum absolute atomic E-state index is 0.222. The van der Waals surface area contributed by atoms with Gasteiger partial charge in [0, 0.05) is 24.1 Å². The van der Waals surface area contributed by atoms with Gasteiger partial charge in [0.1, 0.15) is 5.75 Å². The lowest BCUT2D eigenvalue weighted by atomic mass is 10.0. The summed E-state index contributed by atoms with van der Waals surface area (Å²) in [6.07, 6.45) is 2.38. The van der Waals surface area contributed by atoms with E-state index in [1.54, 1.807) is 0 Å². The molecular formula is C18H21N3O2S. The predicted octanol–water partition coefficient (Wildman–Crippen LogP) is 2.91. The van der Waals surface area contributed by atoms with Gasteiger partial charge in [-0.05, 0) is 43.4 Å². The summed E-state index contributed by atoms with van der Waals surface area (Å²) in [5.41, 5.74) is 4.17. The smallest absolute Gasteiger partial charge is 0.187 e.